The van der Waals surface area contributed by atoms with Crippen LogP contribution < -0.4 is 0 Å². The third-order valence-electron chi connectivity index (χ3n) is 12.3. The predicted octanol–water partition coefficient (Wildman–Crippen LogP) is 13.4. The van der Waals surface area contributed by atoms with Gasteiger partial charge in [0.2, 0.25) is 0 Å². The largest absolute Gasteiger partial charge is 0.469 e. The fraction of sp³-hybridized carbons (Fsp3) is 0.469. The van der Waals surface area contributed by atoms with E-state index >= 15 is 0 Å². The van der Waals surface area contributed by atoms with Gasteiger partial charge in [-0.1, -0.05) is 67.9 Å². The number of rotatable bonds is 12. The number of carbonyl (C=O) groups excluding carboxylic acids is 2. The SMILES string of the molecule is CCCc1ccc(C(F)(F)F)c(CN2CC[C@H](CC(=O)OC)C[C@@H]2c2ccc(C(F)(F)F)cc2)c1.COC(=O)C[C@H]1CCN(Cc2ccccc2C(F)(F)F)[C@@H](c2ccc(C(F)(F)F)cc2)C1. The van der Waals surface area contributed by atoms with Gasteiger partial charge < -0.3 is 9.47 Å². The molecule has 18 heteroatoms. The monoisotopic (exact) mass is 960 g/mol. The normalized spacial score (nSPS) is 19.9. The number of nitrogens with zero attached hydrogens (tertiary/aromatic N) is 2. The van der Waals surface area contributed by atoms with Crippen LogP contribution in [0.5, 0.6) is 0 Å². The lowest BCUT2D eigenvalue weighted by Crippen LogP contribution is -2.37. The van der Waals surface area contributed by atoms with E-state index in [1.807, 2.05) is 16.7 Å². The van der Waals surface area contributed by atoms with Crippen molar-refractivity contribution in [2.75, 3.05) is 27.3 Å². The number of esters is 2. The van der Waals surface area contributed by atoms with Crippen molar-refractivity contribution < 1.29 is 71.7 Å². The topological polar surface area (TPSA) is 59.1 Å². The standard InChI is InChI=1S/C26H29F6NO2.C23H23F6NO2/c1-3-4-17-5-10-22(26(30,31)32)20(13-17)16-33-12-11-18(15-24(34)35-2)14-23(33)19-6-8-21(9-7-19)25(27,28)29;1-32-21(31)13-15-10-11-30(14-17-4-2-3-5-19(17)23(27,28)29)20(12-15)16-6-8-18(9-7-16)22(24,25)26/h5-10,13,18,23H,3-4,11-12,14-16H2,1-2H3;2-9,15,20H,10-14H2,1H3/t18-,23+;15-,20+/m00/s1. The van der Waals surface area contributed by atoms with Gasteiger partial charge in [0.1, 0.15) is 0 Å². The van der Waals surface area contributed by atoms with E-state index in [0.29, 0.717) is 56.3 Å². The van der Waals surface area contributed by atoms with E-state index < -0.39 is 65.0 Å². The molecule has 0 N–H and O–H groups in total. The number of methoxy groups -OCH3 is 2. The summed E-state index contributed by atoms with van der Waals surface area (Å²) in [5, 5.41) is 0. The first kappa shape index (κ1) is 52.9. The molecule has 67 heavy (non-hydrogen) atoms. The molecule has 6 nitrogen and oxygen atoms in total. The highest BCUT2D eigenvalue weighted by Gasteiger charge is 2.39. The van der Waals surface area contributed by atoms with Gasteiger partial charge in [0.05, 0.1) is 36.5 Å². The summed E-state index contributed by atoms with van der Waals surface area (Å²) in [6.45, 7) is 2.75. The first-order valence-electron chi connectivity index (χ1n) is 21.7. The third kappa shape index (κ3) is 14.7. The van der Waals surface area contributed by atoms with Crippen LogP contribution in [-0.4, -0.2) is 49.0 Å². The first-order valence-corrected chi connectivity index (χ1v) is 21.7. The van der Waals surface area contributed by atoms with Crippen LogP contribution in [0.25, 0.3) is 0 Å². The zero-order valence-corrected chi connectivity index (χ0v) is 37.0. The van der Waals surface area contributed by atoms with E-state index in [0.717, 1.165) is 48.4 Å². The van der Waals surface area contributed by atoms with Crippen molar-refractivity contribution in [3.8, 4) is 0 Å². The van der Waals surface area contributed by atoms with Crippen LogP contribution in [0.15, 0.2) is 91.0 Å². The van der Waals surface area contributed by atoms with E-state index in [9.17, 15) is 62.3 Å². The van der Waals surface area contributed by atoms with Gasteiger partial charge in [-0.25, -0.2) is 0 Å². The Morgan fingerprint density at radius 3 is 1.37 bits per heavy atom. The molecule has 2 fully saturated rings. The summed E-state index contributed by atoms with van der Waals surface area (Å²) in [6.07, 6.45) is -14.3. The Morgan fingerprint density at radius 1 is 0.552 bits per heavy atom. The summed E-state index contributed by atoms with van der Waals surface area (Å²) < 4.78 is 169. The van der Waals surface area contributed by atoms with Gasteiger partial charge in [-0.2, -0.15) is 52.7 Å². The minimum Gasteiger partial charge on any atom is -0.469 e. The second-order valence-corrected chi connectivity index (χ2v) is 16.9. The quantitative estimate of drug-likeness (QED) is 0.104. The number of hydrogen-bond donors (Lipinski definition) is 0. The zero-order chi connectivity index (χ0) is 49.3. The lowest BCUT2D eigenvalue weighted by Gasteiger charge is -2.40. The van der Waals surface area contributed by atoms with Crippen LogP contribution in [0, 0.1) is 11.8 Å². The zero-order valence-electron chi connectivity index (χ0n) is 37.0. The molecule has 0 aliphatic carbocycles. The van der Waals surface area contributed by atoms with Crippen molar-refractivity contribution in [2.24, 2.45) is 11.8 Å². The molecule has 366 valence electrons. The van der Waals surface area contributed by atoms with E-state index in [-0.39, 0.29) is 54.9 Å². The molecule has 4 atom stereocenters. The summed E-state index contributed by atoms with van der Waals surface area (Å²) in [5.74, 6) is -0.943. The van der Waals surface area contributed by atoms with E-state index in [1.165, 1.54) is 62.8 Å². The van der Waals surface area contributed by atoms with Crippen molar-refractivity contribution in [1.82, 2.24) is 9.80 Å². The molecule has 2 heterocycles. The number of halogens is 12. The minimum absolute atomic E-state index is 0.00301. The summed E-state index contributed by atoms with van der Waals surface area (Å²) in [7, 11) is 2.56. The van der Waals surface area contributed by atoms with Gasteiger partial charge >= 0.3 is 36.6 Å². The molecule has 0 unspecified atom stereocenters. The number of aryl methyl sites for hydroxylation is 1. The van der Waals surface area contributed by atoms with Gasteiger partial charge in [-0.3, -0.25) is 19.4 Å². The van der Waals surface area contributed by atoms with Gasteiger partial charge in [-0.15, -0.1) is 0 Å². The van der Waals surface area contributed by atoms with Crippen LogP contribution in [0.3, 0.4) is 0 Å². The summed E-state index contributed by atoms with van der Waals surface area (Å²) in [6, 6.07) is 18.0. The Morgan fingerprint density at radius 2 is 0.970 bits per heavy atom. The highest BCUT2D eigenvalue weighted by atomic mass is 19.4. The Bertz CT molecular complexity index is 2240. The molecule has 4 aromatic carbocycles. The Labute approximate surface area is 381 Å². The highest BCUT2D eigenvalue weighted by Crippen LogP contribution is 2.42. The van der Waals surface area contributed by atoms with Crippen molar-refractivity contribution in [3.63, 3.8) is 0 Å². The average Bonchev–Trinajstić information content (AvgIpc) is 3.26. The number of hydrogen-bond acceptors (Lipinski definition) is 6. The van der Waals surface area contributed by atoms with Crippen molar-refractivity contribution in [2.45, 2.75) is 108 Å². The lowest BCUT2D eigenvalue weighted by molar-refractivity contribution is -0.143. The maximum Gasteiger partial charge on any atom is 0.416 e. The first-order chi connectivity index (χ1) is 31.4. The van der Waals surface area contributed by atoms with Crippen LogP contribution >= 0.6 is 0 Å². The predicted molar refractivity (Wildman–Crippen MR) is 225 cm³/mol. The number of benzene rings is 4. The summed E-state index contributed by atoms with van der Waals surface area (Å²) in [4.78, 5) is 27.2. The van der Waals surface area contributed by atoms with Crippen LogP contribution in [0.2, 0.25) is 0 Å². The van der Waals surface area contributed by atoms with Crippen LogP contribution in [0.1, 0.15) is 114 Å². The molecule has 0 spiro atoms. The molecule has 0 saturated carbocycles. The average molecular weight is 961 g/mol. The van der Waals surface area contributed by atoms with E-state index in [2.05, 4.69) is 0 Å². The smallest absolute Gasteiger partial charge is 0.416 e. The molecule has 2 aliphatic heterocycles. The molecule has 0 amide bonds. The molecule has 4 aromatic rings. The molecular formula is C49H52F12N2O4. The van der Waals surface area contributed by atoms with Gasteiger partial charge in [0, 0.05) is 38.0 Å². The molecule has 2 aliphatic rings. The molecular weight excluding hydrogens is 909 g/mol. The number of carbonyl (C=O) groups is 2. The summed E-state index contributed by atoms with van der Waals surface area (Å²) in [5.41, 5.74) is -0.832. The molecule has 0 radical (unpaired) electrons. The second-order valence-electron chi connectivity index (χ2n) is 16.9. The van der Waals surface area contributed by atoms with E-state index in [4.69, 9.17) is 9.47 Å². The lowest BCUT2D eigenvalue weighted by atomic mass is 9.84. The molecule has 0 bridgehead atoms. The Kier molecular flexibility index (Phi) is 17.6. The van der Waals surface area contributed by atoms with Gasteiger partial charge in [0.25, 0.3) is 0 Å². The number of ether oxygens (including phenoxy) is 2. The van der Waals surface area contributed by atoms with Gasteiger partial charge in [0.15, 0.2) is 0 Å². The summed E-state index contributed by atoms with van der Waals surface area (Å²) >= 11 is 0. The van der Waals surface area contributed by atoms with Crippen molar-refractivity contribution in [3.05, 3.63) is 141 Å². The fourth-order valence-electron chi connectivity index (χ4n) is 8.91. The third-order valence-corrected chi connectivity index (χ3v) is 12.3. The highest BCUT2D eigenvalue weighted by molar-refractivity contribution is 5.69. The maximum absolute atomic E-state index is 13.8. The van der Waals surface area contributed by atoms with Gasteiger partial charge in [-0.05, 0) is 121 Å². The van der Waals surface area contributed by atoms with Crippen LogP contribution in [0.4, 0.5) is 52.7 Å². The number of piperidine rings is 2. The molecule has 2 saturated heterocycles. The maximum atomic E-state index is 13.8. The minimum atomic E-state index is -4.52. The fourth-order valence-corrected chi connectivity index (χ4v) is 8.91. The Hall–Kier alpha value is -5.10. The Balaban J connectivity index is 0.000000252. The second kappa shape index (κ2) is 22.3. The number of alkyl halides is 12. The molecule has 0 aromatic heterocycles. The number of likely N-dealkylation sites (tertiary alicyclic amines) is 2. The van der Waals surface area contributed by atoms with Crippen molar-refractivity contribution >= 4 is 11.9 Å². The van der Waals surface area contributed by atoms with Crippen LogP contribution in [-0.2, 0) is 63.3 Å². The van der Waals surface area contributed by atoms with E-state index in [1.54, 1.807) is 6.07 Å². The molecule has 6 rings (SSSR count). The van der Waals surface area contributed by atoms with Crippen molar-refractivity contribution in [1.29, 1.82) is 0 Å².